The standard InChI is InChI=1S/C19H23N3O2/c1-12(2)17(19(24)21-16-11-20-10-9-14(16)4)22-18(23)15-7-5-13(3)6-8-15/h5-12,17H,1-4H3,(H,21,24)(H,22,23). The van der Waals surface area contributed by atoms with E-state index in [0.717, 1.165) is 11.1 Å². The number of rotatable bonds is 5. The van der Waals surface area contributed by atoms with Crippen molar-refractivity contribution in [3.05, 3.63) is 59.4 Å². The van der Waals surface area contributed by atoms with E-state index in [1.807, 2.05) is 45.9 Å². The van der Waals surface area contributed by atoms with Crippen molar-refractivity contribution < 1.29 is 9.59 Å². The molecule has 2 amide bonds. The first-order valence-electron chi connectivity index (χ1n) is 7.97. The van der Waals surface area contributed by atoms with Crippen LogP contribution in [0.1, 0.15) is 35.3 Å². The molecule has 1 aromatic carbocycles. The Morgan fingerprint density at radius 3 is 2.29 bits per heavy atom. The minimum Gasteiger partial charge on any atom is -0.340 e. The zero-order valence-electron chi connectivity index (χ0n) is 14.5. The monoisotopic (exact) mass is 325 g/mol. The molecule has 126 valence electrons. The summed E-state index contributed by atoms with van der Waals surface area (Å²) in [5.41, 5.74) is 3.19. The topological polar surface area (TPSA) is 71.1 Å². The molecule has 0 saturated heterocycles. The molecule has 2 N–H and O–H groups in total. The third kappa shape index (κ3) is 4.41. The molecule has 1 unspecified atom stereocenters. The Morgan fingerprint density at radius 1 is 1.04 bits per heavy atom. The lowest BCUT2D eigenvalue weighted by atomic mass is 10.0. The van der Waals surface area contributed by atoms with Crippen molar-refractivity contribution in [3.63, 3.8) is 0 Å². The molecule has 5 nitrogen and oxygen atoms in total. The van der Waals surface area contributed by atoms with Crippen LogP contribution < -0.4 is 10.6 Å². The minimum absolute atomic E-state index is 0.0450. The fourth-order valence-corrected chi connectivity index (χ4v) is 2.27. The van der Waals surface area contributed by atoms with Crippen LogP contribution in [0.2, 0.25) is 0 Å². The van der Waals surface area contributed by atoms with E-state index in [0.29, 0.717) is 11.3 Å². The summed E-state index contributed by atoms with van der Waals surface area (Å²) in [6.07, 6.45) is 3.27. The Kier molecular flexibility index (Phi) is 5.68. The lowest BCUT2D eigenvalue weighted by molar-refractivity contribution is -0.118. The summed E-state index contributed by atoms with van der Waals surface area (Å²) in [7, 11) is 0. The average molecular weight is 325 g/mol. The van der Waals surface area contributed by atoms with E-state index < -0.39 is 6.04 Å². The SMILES string of the molecule is Cc1ccc(C(=O)NC(C(=O)Nc2cnccc2C)C(C)C)cc1. The van der Waals surface area contributed by atoms with Crippen molar-refractivity contribution >= 4 is 17.5 Å². The molecule has 0 bridgehead atoms. The molecule has 1 heterocycles. The molecule has 2 rings (SSSR count). The second-order valence-electron chi connectivity index (χ2n) is 6.24. The van der Waals surface area contributed by atoms with E-state index in [-0.39, 0.29) is 17.7 Å². The normalized spacial score (nSPS) is 11.9. The number of benzene rings is 1. The van der Waals surface area contributed by atoms with Crippen LogP contribution in [-0.2, 0) is 4.79 Å². The van der Waals surface area contributed by atoms with E-state index in [4.69, 9.17) is 0 Å². The van der Waals surface area contributed by atoms with Gasteiger partial charge in [-0.25, -0.2) is 0 Å². The summed E-state index contributed by atoms with van der Waals surface area (Å²) in [6, 6.07) is 8.45. The van der Waals surface area contributed by atoms with Gasteiger partial charge in [-0.1, -0.05) is 31.5 Å². The van der Waals surface area contributed by atoms with Crippen LogP contribution in [0.3, 0.4) is 0 Å². The van der Waals surface area contributed by atoms with Crippen molar-refractivity contribution in [1.82, 2.24) is 10.3 Å². The van der Waals surface area contributed by atoms with Gasteiger partial charge >= 0.3 is 0 Å². The van der Waals surface area contributed by atoms with Crippen LogP contribution in [0.15, 0.2) is 42.7 Å². The summed E-state index contributed by atoms with van der Waals surface area (Å²) in [6.45, 7) is 7.65. The fourth-order valence-electron chi connectivity index (χ4n) is 2.27. The van der Waals surface area contributed by atoms with Crippen LogP contribution in [0.5, 0.6) is 0 Å². The number of nitrogens with zero attached hydrogens (tertiary/aromatic N) is 1. The van der Waals surface area contributed by atoms with E-state index >= 15 is 0 Å². The van der Waals surface area contributed by atoms with Gasteiger partial charge in [-0.05, 0) is 43.5 Å². The van der Waals surface area contributed by atoms with Crippen molar-refractivity contribution in [3.8, 4) is 0 Å². The van der Waals surface area contributed by atoms with E-state index in [9.17, 15) is 9.59 Å². The predicted octanol–water partition coefficient (Wildman–Crippen LogP) is 3.09. The second kappa shape index (κ2) is 7.73. The third-order valence-electron chi connectivity index (χ3n) is 3.85. The molecule has 5 heteroatoms. The number of aryl methyl sites for hydroxylation is 2. The molecule has 0 aliphatic rings. The molecule has 1 atom stereocenters. The Bertz CT molecular complexity index is 724. The maximum absolute atomic E-state index is 12.6. The van der Waals surface area contributed by atoms with E-state index in [1.54, 1.807) is 24.5 Å². The van der Waals surface area contributed by atoms with Crippen molar-refractivity contribution in [2.45, 2.75) is 33.7 Å². The molecule has 0 fully saturated rings. The molecular formula is C19H23N3O2. The van der Waals surface area contributed by atoms with Crippen LogP contribution >= 0.6 is 0 Å². The molecular weight excluding hydrogens is 302 g/mol. The number of anilines is 1. The van der Waals surface area contributed by atoms with Gasteiger partial charge in [0.15, 0.2) is 0 Å². The highest BCUT2D eigenvalue weighted by atomic mass is 16.2. The van der Waals surface area contributed by atoms with Crippen molar-refractivity contribution in [2.75, 3.05) is 5.32 Å². The maximum Gasteiger partial charge on any atom is 0.251 e. The molecule has 1 aromatic heterocycles. The van der Waals surface area contributed by atoms with Gasteiger partial charge in [0.25, 0.3) is 5.91 Å². The first-order chi connectivity index (χ1) is 11.4. The molecule has 24 heavy (non-hydrogen) atoms. The molecule has 0 saturated carbocycles. The lowest BCUT2D eigenvalue weighted by Gasteiger charge is -2.22. The number of hydrogen-bond acceptors (Lipinski definition) is 3. The number of aromatic nitrogens is 1. The van der Waals surface area contributed by atoms with Crippen LogP contribution in [0, 0.1) is 19.8 Å². The van der Waals surface area contributed by atoms with Gasteiger partial charge in [-0.3, -0.25) is 14.6 Å². The number of hydrogen-bond donors (Lipinski definition) is 2. The summed E-state index contributed by atoms with van der Waals surface area (Å²) in [5, 5.41) is 5.66. The highest BCUT2D eigenvalue weighted by Gasteiger charge is 2.25. The van der Waals surface area contributed by atoms with Gasteiger partial charge in [-0.15, -0.1) is 0 Å². The van der Waals surface area contributed by atoms with Crippen molar-refractivity contribution in [1.29, 1.82) is 0 Å². The quantitative estimate of drug-likeness (QED) is 0.887. The highest BCUT2D eigenvalue weighted by Crippen LogP contribution is 2.14. The van der Waals surface area contributed by atoms with Gasteiger partial charge in [0.2, 0.25) is 5.91 Å². The third-order valence-corrected chi connectivity index (χ3v) is 3.85. The second-order valence-corrected chi connectivity index (χ2v) is 6.24. The van der Waals surface area contributed by atoms with Gasteiger partial charge in [-0.2, -0.15) is 0 Å². The first kappa shape index (κ1) is 17.7. The largest absolute Gasteiger partial charge is 0.340 e. The Hall–Kier alpha value is -2.69. The fraction of sp³-hybridized carbons (Fsp3) is 0.316. The molecule has 0 aliphatic carbocycles. The van der Waals surface area contributed by atoms with Gasteiger partial charge in [0, 0.05) is 11.8 Å². The van der Waals surface area contributed by atoms with Crippen LogP contribution in [-0.4, -0.2) is 22.8 Å². The van der Waals surface area contributed by atoms with E-state index in [2.05, 4.69) is 15.6 Å². The molecule has 2 aromatic rings. The number of carbonyl (C=O) groups is 2. The number of carbonyl (C=O) groups excluding carboxylic acids is 2. The highest BCUT2D eigenvalue weighted by molar-refractivity contribution is 6.01. The number of nitrogens with one attached hydrogen (secondary N) is 2. The summed E-state index contributed by atoms with van der Waals surface area (Å²) < 4.78 is 0. The van der Waals surface area contributed by atoms with Crippen LogP contribution in [0.25, 0.3) is 0 Å². The zero-order chi connectivity index (χ0) is 17.7. The molecule has 0 spiro atoms. The Labute approximate surface area is 142 Å². The number of pyridine rings is 1. The zero-order valence-corrected chi connectivity index (χ0v) is 14.5. The van der Waals surface area contributed by atoms with E-state index in [1.165, 1.54) is 0 Å². The molecule has 0 aliphatic heterocycles. The summed E-state index contributed by atoms with van der Waals surface area (Å²) in [4.78, 5) is 29.0. The Morgan fingerprint density at radius 2 is 1.71 bits per heavy atom. The van der Waals surface area contributed by atoms with Crippen molar-refractivity contribution in [2.24, 2.45) is 5.92 Å². The lowest BCUT2D eigenvalue weighted by Crippen LogP contribution is -2.47. The predicted molar refractivity (Wildman–Crippen MR) is 94.9 cm³/mol. The van der Waals surface area contributed by atoms with Gasteiger partial charge in [0.1, 0.15) is 6.04 Å². The van der Waals surface area contributed by atoms with Gasteiger partial charge < -0.3 is 10.6 Å². The summed E-state index contributed by atoms with van der Waals surface area (Å²) >= 11 is 0. The van der Waals surface area contributed by atoms with Crippen LogP contribution in [0.4, 0.5) is 5.69 Å². The molecule has 0 radical (unpaired) electrons. The number of amides is 2. The van der Waals surface area contributed by atoms with Gasteiger partial charge in [0.05, 0.1) is 11.9 Å². The minimum atomic E-state index is -0.626. The smallest absolute Gasteiger partial charge is 0.251 e. The Balaban J connectivity index is 2.11. The average Bonchev–Trinajstić information content (AvgIpc) is 2.54. The first-order valence-corrected chi connectivity index (χ1v) is 7.97. The maximum atomic E-state index is 12.6. The summed E-state index contributed by atoms with van der Waals surface area (Å²) in [5.74, 6) is -0.551.